The van der Waals surface area contributed by atoms with Gasteiger partial charge in [-0.1, -0.05) is 6.07 Å². The molecule has 1 aromatic carbocycles. The van der Waals surface area contributed by atoms with Gasteiger partial charge in [-0.25, -0.2) is 4.39 Å². The fraction of sp³-hybridized carbons (Fsp3) is 0.556. The molecule has 2 saturated heterocycles. The second kappa shape index (κ2) is 7.81. The van der Waals surface area contributed by atoms with E-state index in [1.54, 1.807) is 17.0 Å². The van der Waals surface area contributed by atoms with Gasteiger partial charge in [-0.05, 0) is 30.5 Å². The molecule has 6 nitrogen and oxygen atoms in total. The molecule has 1 amide bonds. The number of ether oxygens (including phenoxy) is 1. The minimum atomic E-state index is -0.816. The number of alkyl halides is 1. The lowest BCUT2D eigenvalue weighted by Crippen LogP contribution is -2.55. The van der Waals surface area contributed by atoms with Crippen molar-refractivity contribution >= 4 is 5.91 Å². The molecule has 2 aliphatic rings. The summed E-state index contributed by atoms with van der Waals surface area (Å²) < 4.78 is 18.8. The van der Waals surface area contributed by atoms with Crippen LogP contribution in [0, 0.1) is 11.3 Å². The number of hydrogen-bond donors (Lipinski definition) is 1. The van der Waals surface area contributed by atoms with Crippen molar-refractivity contribution in [3.05, 3.63) is 29.3 Å². The van der Waals surface area contributed by atoms with Crippen LogP contribution in [0.3, 0.4) is 0 Å². The summed E-state index contributed by atoms with van der Waals surface area (Å²) in [6, 6.07) is 6.45. The van der Waals surface area contributed by atoms with Gasteiger partial charge in [-0.2, -0.15) is 5.26 Å². The maximum absolute atomic E-state index is 13.3. The summed E-state index contributed by atoms with van der Waals surface area (Å²) in [6.45, 7) is 2.86. The number of halogens is 1. The number of carbonyl (C=O) groups excluding carboxylic acids is 1. The summed E-state index contributed by atoms with van der Waals surface area (Å²) in [4.78, 5) is 16.6. The molecule has 0 bridgehead atoms. The molecule has 1 N–H and O–H groups in total. The van der Waals surface area contributed by atoms with Crippen LogP contribution in [0.2, 0.25) is 0 Å². The third kappa shape index (κ3) is 4.09. The molecule has 2 fully saturated rings. The third-order valence-corrected chi connectivity index (χ3v) is 4.83. The predicted molar refractivity (Wildman–Crippen MR) is 88.5 cm³/mol. The van der Waals surface area contributed by atoms with Crippen molar-refractivity contribution in [3.63, 3.8) is 0 Å². The van der Waals surface area contributed by atoms with Crippen LogP contribution in [0.5, 0.6) is 5.75 Å². The van der Waals surface area contributed by atoms with Crippen LogP contribution >= 0.6 is 0 Å². The Morgan fingerprint density at radius 2 is 2.12 bits per heavy atom. The Balaban J connectivity index is 1.70. The number of amides is 1. The fourth-order valence-electron chi connectivity index (χ4n) is 3.34. The summed E-state index contributed by atoms with van der Waals surface area (Å²) in [5.41, 5.74) is 1.08. The molecule has 0 spiro atoms. The number of benzene rings is 1. The number of aromatic hydroxyl groups is 1. The minimum absolute atomic E-state index is 0.0223. The Kier molecular flexibility index (Phi) is 5.51. The smallest absolute Gasteiger partial charge is 0.242 e. The summed E-state index contributed by atoms with van der Waals surface area (Å²) in [5, 5.41) is 18.7. The molecule has 1 unspecified atom stereocenters. The van der Waals surface area contributed by atoms with Crippen LogP contribution in [0.1, 0.15) is 24.0 Å². The van der Waals surface area contributed by atoms with Gasteiger partial charge < -0.3 is 14.7 Å². The van der Waals surface area contributed by atoms with E-state index < -0.39 is 12.2 Å². The van der Waals surface area contributed by atoms with Crippen molar-refractivity contribution in [2.24, 2.45) is 0 Å². The lowest BCUT2D eigenvalue weighted by atomic mass is 10.1. The number of nitriles is 1. The molecule has 0 radical (unpaired) electrons. The van der Waals surface area contributed by atoms with E-state index in [4.69, 9.17) is 10.00 Å². The first kappa shape index (κ1) is 17.6. The van der Waals surface area contributed by atoms with Gasteiger partial charge >= 0.3 is 0 Å². The average molecular weight is 347 g/mol. The van der Waals surface area contributed by atoms with Crippen LogP contribution in [-0.2, 0) is 16.1 Å². The molecule has 0 saturated carbocycles. The van der Waals surface area contributed by atoms with Gasteiger partial charge in [0.15, 0.2) is 0 Å². The maximum Gasteiger partial charge on any atom is 0.242 e. The molecule has 3 rings (SSSR count). The summed E-state index contributed by atoms with van der Waals surface area (Å²) in [7, 11) is 0. The molecule has 0 aromatic heterocycles. The highest BCUT2D eigenvalue weighted by molar-refractivity contribution is 5.82. The molecular formula is C18H22FN3O3. The molecule has 2 aliphatic heterocycles. The van der Waals surface area contributed by atoms with Gasteiger partial charge in [0.05, 0.1) is 18.8 Å². The van der Waals surface area contributed by atoms with E-state index in [0.29, 0.717) is 52.2 Å². The number of piperidine rings is 1. The Hall–Kier alpha value is -2.17. The van der Waals surface area contributed by atoms with E-state index in [9.17, 15) is 14.3 Å². The lowest BCUT2D eigenvalue weighted by Gasteiger charge is -2.39. The van der Waals surface area contributed by atoms with Crippen molar-refractivity contribution in [1.82, 2.24) is 9.80 Å². The number of nitrogens with zero attached hydrogens (tertiary/aromatic N) is 3. The zero-order chi connectivity index (χ0) is 17.8. The Morgan fingerprint density at radius 1 is 1.36 bits per heavy atom. The molecule has 7 heteroatoms. The number of likely N-dealkylation sites (tertiary alicyclic amines) is 1. The Labute approximate surface area is 146 Å². The number of morpholine rings is 1. The highest BCUT2D eigenvalue weighted by atomic mass is 19.1. The minimum Gasteiger partial charge on any atom is -0.507 e. The Morgan fingerprint density at radius 3 is 2.84 bits per heavy atom. The lowest BCUT2D eigenvalue weighted by molar-refractivity contribution is -0.145. The normalized spacial score (nSPS) is 22.6. The third-order valence-electron chi connectivity index (χ3n) is 4.83. The van der Waals surface area contributed by atoms with Crippen molar-refractivity contribution in [1.29, 1.82) is 5.26 Å². The van der Waals surface area contributed by atoms with Gasteiger partial charge in [0, 0.05) is 26.2 Å². The number of phenols is 1. The fourth-order valence-corrected chi connectivity index (χ4v) is 3.34. The van der Waals surface area contributed by atoms with E-state index in [1.807, 2.05) is 11.0 Å². The first-order valence-electron chi connectivity index (χ1n) is 8.55. The van der Waals surface area contributed by atoms with E-state index in [0.717, 1.165) is 5.56 Å². The van der Waals surface area contributed by atoms with Crippen LogP contribution < -0.4 is 0 Å². The van der Waals surface area contributed by atoms with Crippen LogP contribution in [-0.4, -0.2) is 65.9 Å². The number of rotatable bonds is 3. The topological polar surface area (TPSA) is 76.8 Å². The Bertz CT molecular complexity index is 668. The van der Waals surface area contributed by atoms with Gasteiger partial charge in [0.2, 0.25) is 5.91 Å². The van der Waals surface area contributed by atoms with E-state index >= 15 is 0 Å². The van der Waals surface area contributed by atoms with Crippen molar-refractivity contribution in [2.75, 3.05) is 32.8 Å². The molecule has 25 heavy (non-hydrogen) atoms. The quantitative estimate of drug-likeness (QED) is 0.895. The molecular weight excluding hydrogens is 325 g/mol. The second-order valence-electron chi connectivity index (χ2n) is 6.52. The number of carbonyl (C=O) groups is 1. The van der Waals surface area contributed by atoms with E-state index in [2.05, 4.69) is 0 Å². The zero-order valence-electron chi connectivity index (χ0n) is 14.0. The van der Waals surface area contributed by atoms with Crippen molar-refractivity contribution in [2.45, 2.75) is 31.6 Å². The average Bonchev–Trinajstić information content (AvgIpc) is 2.64. The van der Waals surface area contributed by atoms with E-state index in [-0.39, 0.29) is 17.2 Å². The summed E-state index contributed by atoms with van der Waals surface area (Å²) in [5.74, 6) is -0.0687. The first-order chi connectivity index (χ1) is 12.1. The largest absolute Gasteiger partial charge is 0.507 e. The maximum atomic E-state index is 13.3. The number of phenolic OH excluding ortho intramolecular Hbond substituents is 1. The zero-order valence-corrected chi connectivity index (χ0v) is 14.0. The van der Waals surface area contributed by atoms with Crippen molar-refractivity contribution in [3.8, 4) is 11.8 Å². The molecule has 2 heterocycles. The van der Waals surface area contributed by atoms with Crippen LogP contribution in [0.4, 0.5) is 4.39 Å². The van der Waals surface area contributed by atoms with Crippen molar-refractivity contribution < 1.29 is 19.0 Å². The van der Waals surface area contributed by atoms with Gasteiger partial charge in [0.25, 0.3) is 0 Å². The summed E-state index contributed by atoms with van der Waals surface area (Å²) >= 11 is 0. The van der Waals surface area contributed by atoms with Crippen LogP contribution in [0.25, 0.3) is 0 Å². The van der Waals surface area contributed by atoms with Gasteiger partial charge in [0.1, 0.15) is 24.0 Å². The standard InChI is InChI=1S/C18H22FN3O3/c19-15-3-5-21(6-4-15)18(24)16-12-25-8-7-22(16)11-13-1-2-17(23)14(9-13)10-20/h1-2,9,15-16,23H,3-8,11-12H2. The summed E-state index contributed by atoms with van der Waals surface area (Å²) in [6.07, 6.45) is -0.0322. The SMILES string of the molecule is N#Cc1cc(CN2CCOCC2C(=O)N2CCC(F)CC2)ccc1O. The van der Waals surface area contributed by atoms with E-state index in [1.165, 1.54) is 6.07 Å². The second-order valence-corrected chi connectivity index (χ2v) is 6.52. The molecule has 0 aliphatic carbocycles. The monoisotopic (exact) mass is 347 g/mol. The number of hydrogen-bond acceptors (Lipinski definition) is 5. The predicted octanol–water partition coefficient (Wildman–Crippen LogP) is 1.43. The molecule has 134 valence electrons. The highest BCUT2D eigenvalue weighted by Crippen LogP contribution is 2.22. The van der Waals surface area contributed by atoms with Crippen LogP contribution in [0.15, 0.2) is 18.2 Å². The first-order valence-corrected chi connectivity index (χ1v) is 8.55. The molecule has 1 atom stereocenters. The highest BCUT2D eigenvalue weighted by Gasteiger charge is 2.34. The van der Waals surface area contributed by atoms with Gasteiger partial charge in [-0.3, -0.25) is 9.69 Å². The molecule has 1 aromatic rings. The van der Waals surface area contributed by atoms with Gasteiger partial charge in [-0.15, -0.1) is 0 Å².